The standard InChI is InChI=1S/C21H31N3O5/c1-6-15(4)19(21(26)29-5)22-20(25)16-7-8-17(18(10-16)24(27)28)23-11-13(2)9-14(3)12-23/h7-8,10,13-15,19H,6,9,11-12H2,1-5H3,(H,22,25). The lowest BCUT2D eigenvalue weighted by Crippen LogP contribution is -2.45. The van der Waals surface area contributed by atoms with Crippen LogP contribution in [0, 0.1) is 27.9 Å². The molecule has 0 radical (unpaired) electrons. The zero-order valence-corrected chi connectivity index (χ0v) is 17.8. The summed E-state index contributed by atoms with van der Waals surface area (Å²) in [6.45, 7) is 9.51. The molecule has 0 spiro atoms. The highest BCUT2D eigenvalue weighted by Gasteiger charge is 2.30. The van der Waals surface area contributed by atoms with Gasteiger partial charge in [0, 0.05) is 24.7 Å². The molecule has 1 heterocycles. The monoisotopic (exact) mass is 405 g/mol. The number of methoxy groups -OCH3 is 1. The van der Waals surface area contributed by atoms with Crippen LogP contribution in [0.2, 0.25) is 0 Å². The molecule has 8 nitrogen and oxygen atoms in total. The Morgan fingerprint density at radius 1 is 1.31 bits per heavy atom. The van der Waals surface area contributed by atoms with E-state index in [4.69, 9.17) is 4.74 Å². The lowest BCUT2D eigenvalue weighted by molar-refractivity contribution is -0.384. The average Bonchev–Trinajstić information content (AvgIpc) is 2.69. The van der Waals surface area contributed by atoms with Gasteiger partial charge in [0.15, 0.2) is 0 Å². The Hall–Kier alpha value is -2.64. The quantitative estimate of drug-likeness (QED) is 0.424. The summed E-state index contributed by atoms with van der Waals surface area (Å²) < 4.78 is 4.78. The van der Waals surface area contributed by atoms with Crippen LogP contribution in [0.5, 0.6) is 0 Å². The summed E-state index contributed by atoms with van der Waals surface area (Å²) in [5.74, 6) is -0.307. The molecule has 1 aliphatic rings. The van der Waals surface area contributed by atoms with Crippen LogP contribution in [0.1, 0.15) is 50.9 Å². The normalized spacial score (nSPS) is 21.2. The Kier molecular flexibility index (Phi) is 7.59. The molecule has 29 heavy (non-hydrogen) atoms. The maximum absolute atomic E-state index is 12.7. The number of esters is 1. The molecule has 160 valence electrons. The molecule has 1 fully saturated rings. The molecule has 4 atom stereocenters. The van der Waals surface area contributed by atoms with E-state index in [0.717, 1.165) is 19.5 Å². The first-order valence-corrected chi connectivity index (χ1v) is 10.1. The van der Waals surface area contributed by atoms with E-state index in [1.54, 1.807) is 12.1 Å². The lowest BCUT2D eigenvalue weighted by atomic mass is 9.91. The number of amides is 1. The van der Waals surface area contributed by atoms with Gasteiger partial charge >= 0.3 is 5.97 Å². The van der Waals surface area contributed by atoms with Gasteiger partial charge in [-0.2, -0.15) is 0 Å². The number of nitro groups is 1. The number of carbonyl (C=O) groups excluding carboxylic acids is 2. The molecule has 1 saturated heterocycles. The molecule has 8 heteroatoms. The molecule has 2 rings (SSSR count). The molecule has 1 aromatic carbocycles. The number of ether oxygens (including phenoxy) is 1. The van der Waals surface area contributed by atoms with Crippen LogP contribution >= 0.6 is 0 Å². The van der Waals surface area contributed by atoms with Crippen LogP contribution in [0.25, 0.3) is 0 Å². The summed E-state index contributed by atoms with van der Waals surface area (Å²) in [5.41, 5.74) is 0.573. The van der Waals surface area contributed by atoms with Gasteiger partial charge in [-0.05, 0) is 36.3 Å². The molecule has 0 bridgehead atoms. The Morgan fingerprint density at radius 3 is 2.45 bits per heavy atom. The number of hydrogen-bond donors (Lipinski definition) is 1. The number of nitrogens with one attached hydrogen (secondary N) is 1. The smallest absolute Gasteiger partial charge is 0.328 e. The number of benzene rings is 1. The van der Waals surface area contributed by atoms with Crippen molar-refractivity contribution in [2.24, 2.45) is 17.8 Å². The number of nitrogens with zero attached hydrogens (tertiary/aromatic N) is 2. The zero-order valence-electron chi connectivity index (χ0n) is 17.8. The molecule has 0 aliphatic carbocycles. The van der Waals surface area contributed by atoms with Crippen molar-refractivity contribution in [2.75, 3.05) is 25.1 Å². The van der Waals surface area contributed by atoms with E-state index in [1.165, 1.54) is 13.2 Å². The maximum Gasteiger partial charge on any atom is 0.328 e. The second-order valence-corrected chi connectivity index (χ2v) is 8.17. The minimum absolute atomic E-state index is 0.0999. The third-order valence-electron chi connectivity index (χ3n) is 5.60. The largest absolute Gasteiger partial charge is 0.467 e. The van der Waals surface area contributed by atoms with Crippen molar-refractivity contribution >= 4 is 23.3 Å². The van der Waals surface area contributed by atoms with Crippen molar-refractivity contribution < 1.29 is 19.2 Å². The van der Waals surface area contributed by atoms with E-state index in [0.29, 0.717) is 23.9 Å². The van der Waals surface area contributed by atoms with Crippen LogP contribution in [-0.4, -0.2) is 43.0 Å². The second kappa shape index (κ2) is 9.71. The van der Waals surface area contributed by atoms with Gasteiger partial charge in [-0.25, -0.2) is 4.79 Å². The number of anilines is 1. The fourth-order valence-electron chi connectivity index (χ4n) is 3.96. The van der Waals surface area contributed by atoms with Crippen molar-refractivity contribution in [1.29, 1.82) is 0 Å². The molecule has 0 saturated carbocycles. The first kappa shape index (κ1) is 22.6. The fraction of sp³-hybridized carbons (Fsp3) is 0.619. The molecular formula is C21H31N3O5. The SMILES string of the molecule is CCC(C)C(NC(=O)c1ccc(N2CC(C)CC(C)C2)c([N+](=O)[O-])c1)C(=O)OC. The van der Waals surface area contributed by atoms with E-state index in [9.17, 15) is 19.7 Å². The number of piperidine rings is 1. The average molecular weight is 405 g/mol. The predicted octanol–water partition coefficient (Wildman–Crippen LogP) is 3.39. The van der Waals surface area contributed by atoms with Crippen molar-refractivity contribution in [1.82, 2.24) is 5.32 Å². The highest BCUT2D eigenvalue weighted by atomic mass is 16.6. The van der Waals surface area contributed by atoms with E-state index in [2.05, 4.69) is 19.2 Å². The summed E-state index contributed by atoms with van der Waals surface area (Å²) in [6, 6.07) is 3.69. The first-order valence-electron chi connectivity index (χ1n) is 10.1. The lowest BCUT2D eigenvalue weighted by Gasteiger charge is -2.36. The Morgan fingerprint density at radius 2 is 1.93 bits per heavy atom. The number of rotatable bonds is 7. The summed E-state index contributed by atoms with van der Waals surface area (Å²) in [4.78, 5) is 38.0. The molecule has 1 aliphatic heterocycles. The maximum atomic E-state index is 12.7. The molecule has 1 N–H and O–H groups in total. The molecule has 1 aromatic rings. The van der Waals surface area contributed by atoms with Crippen molar-refractivity contribution in [3.63, 3.8) is 0 Å². The van der Waals surface area contributed by atoms with Crippen LogP contribution in [0.4, 0.5) is 11.4 Å². The first-order chi connectivity index (χ1) is 13.7. The third-order valence-corrected chi connectivity index (χ3v) is 5.60. The van der Waals surface area contributed by atoms with E-state index in [-0.39, 0.29) is 17.2 Å². The molecule has 1 amide bonds. The minimum atomic E-state index is -0.806. The Labute approximate surface area is 171 Å². The predicted molar refractivity (Wildman–Crippen MR) is 111 cm³/mol. The van der Waals surface area contributed by atoms with E-state index in [1.807, 2.05) is 18.7 Å². The zero-order chi connectivity index (χ0) is 21.7. The van der Waals surface area contributed by atoms with Crippen molar-refractivity contribution in [2.45, 2.75) is 46.6 Å². The van der Waals surface area contributed by atoms with E-state index >= 15 is 0 Å². The van der Waals surface area contributed by atoms with Gasteiger partial charge in [-0.15, -0.1) is 0 Å². The summed E-state index contributed by atoms with van der Waals surface area (Å²) >= 11 is 0. The Balaban J connectivity index is 2.30. The summed E-state index contributed by atoms with van der Waals surface area (Å²) in [5, 5.41) is 14.4. The number of carbonyl (C=O) groups is 2. The fourth-order valence-corrected chi connectivity index (χ4v) is 3.96. The number of nitro benzene ring substituents is 1. The second-order valence-electron chi connectivity index (χ2n) is 8.17. The summed E-state index contributed by atoms with van der Waals surface area (Å²) in [7, 11) is 1.27. The molecular weight excluding hydrogens is 374 g/mol. The van der Waals surface area contributed by atoms with Crippen LogP contribution < -0.4 is 10.2 Å². The molecule has 0 aromatic heterocycles. The van der Waals surface area contributed by atoms with Crippen LogP contribution in [0.3, 0.4) is 0 Å². The van der Waals surface area contributed by atoms with Crippen molar-refractivity contribution in [3.05, 3.63) is 33.9 Å². The van der Waals surface area contributed by atoms with Gasteiger partial charge in [-0.1, -0.05) is 34.1 Å². The highest BCUT2D eigenvalue weighted by molar-refractivity contribution is 5.98. The van der Waals surface area contributed by atoms with Crippen LogP contribution in [-0.2, 0) is 9.53 Å². The Bertz CT molecular complexity index is 757. The third kappa shape index (κ3) is 5.46. The highest BCUT2D eigenvalue weighted by Crippen LogP contribution is 2.33. The summed E-state index contributed by atoms with van der Waals surface area (Å²) in [6.07, 6.45) is 1.76. The van der Waals surface area contributed by atoms with Gasteiger partial charge in [0.2, 0.25) is 0 Å². The minimum Gasteiger partial charge on any atom is -0.467 e. The topological polar surface area (TPSA) is 102 Å². The van der Waals surface area contributed by atoms with Gasteiger partial charge in [0.05, 0.1) is 12.0 Å². The molecule has 4 unspecified atom stereocenters. The van der Waals surface area contributed by atoms with Gasteiger partial charge in [-0.3, -0.25) is 14.9 Å². The van der Waals surface area contributed by atoms with Crippen molar-refractivity contribution in [3.8, 4) is 0 Å². The van der Waals surface area contributed by atoms with Crippen LogP contribution in [0.15, 0.2) is 18.2 Å². The van der Waals surface area contributed by atoms with E-state index < -0.39 is 22.8 Å². The van der Waals surface area contributed by atoms with Gasteiger partial charge < -0.3 is 15.0 Å². The van der Waals surface area contributed by atoms with Gasteiger partial charge in [0.1, 0.15) is 11.7 Å². The number of hydrogen-bond acceptors (Lipinski definition) is 6. The van der Waals surface area contributed by atoms with Gasteiger partial charge in [0.25, 0.3) is 11.6 Å².